The lowest BCUT2D eigenvalue weighted by Crippen LogP contribution is -2.49. The van der Waals surface area contributed by atoms with Crippen molar-refractivity contribution in [3.05, 3.63) is 34.2 Å². The van der Waals surface area contributed by atoms with Crippen LogP contribution in [-0.4, -0.2) is 63.3 Å². The Labute approximate surface area is 188 Å². The lowest BCUT2D eigenvalue weighted by molar-refractivity contribution is -0.0501. The zero-order chi connectivity index (χ0) is 22.8. The molecule has 1 saturated heterocycles. The number of carbonyl (C=O) groups is 1. The molecule has 2 aliphatic rings. The van der Waals surface area contributed by atoms with Crippen LogP contribution in [0.4, 0.5) is 0 Å². The fourth-order valence-electron chi connectivity index (χ4n) is 4.85. The molecule has 0 aromatic carbocycles. The van der Waals surface area contributed by atoms with Gasteiger partial charge in [-0.25, -0.2) is 4.98 Å². The van der Waals surface area contributed by atoms with Gasteiger partial charge < -0.3 is 15.2 Å². The number of morpholine rings is 1. The summed E-state index contributed by atoms with van der Waals surface area (Å²) in [5.74, 6) is -0.130. The molecule has 8 nitrogen and oxygen atoms in total. The molecule has 2 aromatic rings. The zero-order valence-corrected chi connectivity index (χ0v) is 19.2. The highest BCUT2D eigenvalue weighted by Gasteiger charge is 2.28. The highest BCUT2D eigenvalue weighted by Crippen LogP contribution is 2.27. The molecule has 1 aliphatic carbocycles. The molecule has 1 aliphatic heterocycles. The van der Waals surface area contributed by atoms with E-state index in [4.69, 9.17) is 4.74 Å². The highest BCUT2D eigenvalue weighted by molar-refractivity contribution is 6.01. The molecule has 4 rings (SSSR count). The number of hydrogen-bond donors (Lipinski definition) is 2. The molecule has 32 heavy (non-hydrogen) atoms. The summed E-state index contributed by atoms with van der Waals surface area (Å²) in [7, 11) is 0. The van der Waals surface area contributed by atoms with E-state index >= 15 is 0 Å². The monoisotopic (exact) mass is 442 g/mol. The standard InChI is InChI=1S/C24H34N4O4/c1-15-6-8-18(9-7-15)26-23(30)20-21(29)19-5-4-10-25-22(19)28(24(20)31)12-11-27-13-17(3)32-14-16(27)2/h4-5,10,15-18,29H,6-9,11-14H2,1-3H3,(H,26,30)/t15?,16-,17-,18?/m0/s1. The molecule has 0 spiro atoms. The molecule has 8 heteroatoms. The van der Waals surface area contributed by atoms with Crippen molar-refractivity contribution < 1.29 is 14.6 Å². The van der Waals surface area contributed by atoms with Crippen LogP contribution in [0.25, 0.3) is 11.0 Å². The Morgan fingerprint density at radius 2 is 1.97 bits per heavy atom. The van der Waals surface area contributed by atoms with Crippen molar-refractivity contribution in [3.63, 3.8) is 0 Å². The maximum Gasteiger partial charge on any atom is 0.268 e. The molecule has 3 heterocycles. The average Bonchev–Trinajstić information content (AvgIpc) is 2.77. The van der Waals surface area contributed by atoms with Crippen LogP contribution < -0.4 is 10.9 Å². The SMILES string of the molecule is CC1CCC(NC(=O)c2c(O)c3cccnc3n(CCN3C[C@H](C)OC[C@@H]3C)c2=O)CC1. The summed E-state index contributed by atoms with van der Waals surface area (Å²) in [6, 6.07) is 3.68. The van der Waals surface area contributed by atoms with Gasteiger partial charge in [0.1, 0.15) is 17.0 Å². The van der Waals surface area contributed by atoms with Crippen molar-refractivity contribution in [2.45, 2.75) is 71.2 Å². The second kappa shape index (κ2) is 9.58. The molecule has 1 amide bonds. The van der Waals surface area contributed by atoms with Crippen LogP contribution in [0, 0.1) is 5.92 Å². The van der Waals surface area contributed by atoms with Gasteiger partial charge >= 0.3 is 0 Å². The van der Waals surface area contributed by atoms with Gasteiger partial charge in [0.25, 0.3) is 11.5 Å². The van der Waals surface area contributed by atoms with Crippen molar-refractivity contribution in [1.29, 1.82) is 0 Å². The lowest BCUT2D eigenvalue weighted by atomic mass is 9.87. The summed E-state index contributed by atoms with van der Waals surface area (Å²) < 4.78 is 7.23. The number of aromatic nitrogens is 2. The Bertz CT molecular complexity index is 1030. The Morgan fingerprint density at radius 1 is 1.22 bits per heavy atom. The number of carbonyl (C=O) groups excluding carboxylic acids is 1. The lowest BCUT2D eigenvalue weighted by Gasteiger charge is -2.36. The van der Waals surface area contributed by atoms with Crippen LogP contribution in [0.2, 0.25) is 0 Å². The number of fused-ring (bicyclic) bond motifs is 1. The first-order valence-electron chi connectivity index (χ1n) is 11.7. The Balaban J connectivity index is 1.63. The first kappa shape index (κ1) is 22.7. The van der Waals surface area contributed by atoms with Gasteiger partial charge in [-0.3, -0.25) is 19.1 Å². The van der Waals surface area contributed by atoms with Gasteiger partial charge in [-0.15, -0.1) is 0 Å². The predicted octanol–water partition coefficient (Wildman–Crippen LogP) is 2.52. The number of amides is 1. The maximum atomic E-state index is 13.4. The van der Waals surface area contributed by atoms with Crippen molar-refractivity contribution in [2.24, 2.45) is 5.92 Å². The third-order valence-corrected chi connectivity index (χ3v) is 6.92. The van der Waals surface area contributed by atoms with Crippen molar-refractivity contribution in [1.82, 2.24) is 19.8 Å². The summed E-state index contributed by atoms with van der Waals surface area (Å²) in [4.78, 5) is 33.2. The predicted molar refractivity (Wildman–Crippen MR) is 123 cm³/mol. The van der Waals surface area contributed by atoms with Gasteiger partial charge in [-0.05, 0) is 57.6 Å². The number of ether oxygens (including phenoxy) is 1. The summed E-state index contributed by atoms with van der Waals surface area (Å²) >= 11 is 0. The average molecular weight is 443 g/mol. The minimum atomic E-state index is -0.500. The largest absolute Gasteiger partial charge is 0.506 e. The molecular weight excluding hydrogens is 408 g/mol. The molecule has 2 fully saturated rings. The van der Waals surface area contributed by atoms with E-state index in [0.717, 1.165) is 32.2 Å². The third kappa shape index (κ3) is 4.66. The smallest absolute Gasteiger partial charge is 0.268 e. The van der Waals surface area contributed by atoms with Crippen LogP contribution in [0.3, 0.4) is 0 Å². The van der Waals surface area contributed by atoms with Gasteiger partial charge in [-0.2, -0.15) is 0 Å². The van der Waals surface area contributed by atoms with Crippen molar-refractivity contribution in [2.75, 3.05) is 19.7 Å². The Morgan fingerprint density at radius 3 is 2.72 bits per heavy atom. The summed E-state index contributed by atoms with van der Waals surface area (Å²) in [5, 5.41) is 14.3. The molecule has 1 saturated carbocycles. The van der Waals surface area contributed by atoms with Crippen LogP contribution >= 0.6 is 0 Å². The summed E-state index contributed by atoms with van der Waals surface area (Å²) in [6.07, 6.45) is 5.63. The highest BCUT2D eigenvalue weighted by atomic mass is 16.5. The molecule has 0 unspecified atom stereocenters. The number of aromatic hydroxyl groups is 1. The van der Waals surface area contributed by atoms with Gasteiger partial charge in [-0.1, -0.05) is 6.92 Å². The van der Waals surface area contributed by atoms with Gasteiger partial charge in [0.2, 0.25) is 0 Å². The van der Waals surface area contributed by atoms with Crippen molar-refractivity contribution >= 4 is 16.9 Å². The van der Waals surface area contributed by atoms with Crippen LogP contribution in [0.5, 0.6) is 5.75 Å². The van der Waals surface area contributed by atoms with Gasteiger partial charge in [0, 0.05) is 37.9 Å². The molecule has 0 radical (unpaired) electrons. The third-order valence-electron chi connectivity index (χ3n) is 6.92. The Hall–Kier alpha value is -2.45. The van der Waals surface area contributed by atoms with E-state index in [9.17, 15) is 14.7 Å². The quantitative estimate of drug-likeness (QED) is 0.739. The van der Waals surface area contributed by atoms with E-state index in [1.54, 1.807) is 18.3 Å². The van der Waals surface area contributed by atoms with Crippen molar-refractivity contribution in [3.8, 4) is 5.75 Å². The molecule has 2 N–H and O–H groups in total. The van der Waals surface area contributed by atoms with E-state index in [-0.39, 0.29) is 29.5 Å². The second-order valence-electron chi connectivity index (χ2n) is 9.47. The molecule has 0 bridgehead atoms. The van der Waals surface area contributed by atoms with E-state index in [1.165, 1.54) is 4.57 Å². The van der Waals surface area contributed by atoms with Crippen LogP contribution in [0.15, 0.2) is 23.1 Å². The second-order valence-corrected chi connectivity index (χ2v) is 9.47. The fourth-order valence-corrected chi connectivity index (χ4v) is 4.85. The fraction of sp³-hybridized carbons (Fsp3) is 0.625. The van der Waals surface area contributed by atoms with E-state index < -0.39 is 11.5 Å². The zero-order valence-electron chi connectivity index (χ0n) is 19.2. The topological polar surface area (TPSA) is 96.7 Å². The number of hydrogen-bond acceptors (Lipinski definition) is 6. The normalized spacial score (nSPS) is 26.8. The first-order chi connectivity index (χ1) is 15.3. The van der Waals surface area contributed by atoms with Crippen LogP contribution in [-0.2, 0) is 11.3 Å². The van der Waals surface area contributed by atoms with E-state index in [2.05, 4.69) is 29.0 Å². The minimum Gasteiger partial charge on any atom is -0.506 e. The molecule has 2 aromatic heterocycles. The Kier molecular flexibility index (Phi) is 6.81. The van der Waals surface area contributed by atoms with E-state index in [0.29, 0.717) is 36.6 Å². The molecule has 2 atom stereocenters. The summed E-state index contributed by atoms with van der Waals surface area (Å²) in [5.41, 5.74) is -0.288. The maximum absolute atomic E-state index is 13.4. The summed E-state index contributed by atoms with van der Waals surface area (Å²) in [6.45, 7) is 8.81. The van der Waals surface area contributed by atoms with Gasteiger partial charge in [0.05, 0.1) is 18.1 Å². The number of rotatable bonds is 5. The van der Waals surface area contributed by atoms with E-state index in [1.807, 2.05) is 6.92 Å². The number of pyridine rings is 2. The molecular formula is C24H34N4O4. The number of nitrogens with zero attached hydrogens (tertiary/aromatic N) is 3. The molecule has 174 valence electrons. The first-order valence-corrected chi connectivity index (χ1v) is 11.7. The minimum absolute atomic E-state index is 0.0335. The number of nitrogens with one attached hydrogen (secondary N) is 1. The van der Waals surface area contributed by atoms with Crippen LogP contribution in [0.1, 0.15) is 56.8 Å². The van der Waals surface area contributed by atoms with Gasteiger partial charge in [0.15, 0.2) is 0 Å².